The van der Waals surface area contributed by atoms with Crippen LogP contribution in [-0.2, 0) is 11.2 Å². The summed E-state index contributed by atoms with van der Waals surface area (Å²) in [6, 6.07) is 1.86. The van der Waals surface area contributed by atoms with Gasteiger partial charge in [-0.2, -0.15) is 0 Å². The van der Waals surface area contributed by atoms with Crippen molar-refractivity contribution in [3.05, 3.63) is 18.1 Å². The minimum Gasteiger partial charge on any atom is -0.480 e. The van der Waals surface area contributed by atoms with Crippen LogP contribution in [0, 0.1) is 5.92 Å². The van der Waals surface area contributed by atoms with Crippen LogP contribution in [0.4, 0.5) is 5.82 Å². The number of anilines is 1. The summed E-state index contributed by atoms with van der Waals surface area (Å²) in [5, 5.41) is 9.53. The lowest BCUT2D eigenvalue weighted by Gasteiger charge is -2.33. The van der Waals surface area contributed by atoms with Gasteiger partial charge in [0, 0.05) is 17.8 Å². The van der Waals surface area contributed by atoms with E-state index in [0.29, 0.717) is 12.0 Å². The van der Waals surface area contributed by atoms with Crippen LogP contribution in [0.1, 0.15) is 44.7 Å². The number of hydrogen-bond acceptors (Lipinski definition) is 4. The van der Waals surface area contributed by atoms with Crippen molar-refractivity contribution < 1.29 is 9.90 Å². The molecule has 2 heterocycles. The standard InChI is InChI=1S/C15H21N3O2/c1-2-11-8-14(17-9-16-11)18-12-6-4-3-5-10(12)7-13(18)15(19)20/h8-10,12-13H,2-7H2,1H3,(H,19,20). The second kappa shape index (κ2) is 5.38. The van der Waals surface area contributed by atoms with Crippen molar-refractivity contribution >= 4 is 11.8 Å². The molecule has 1 saturated heterocycles. The molecule has 20 heavy (non-hydrogen) atoms. The van der Waals surface area contributed by atoms with Gasteiger partial charge in [0.25, 0.3) is 0 Å². The maximum atomic E-state index is 11.6. The molecule has 2 fully saturated rings. The van der Waals surface area contributed by atoms with Gasteiger partial charge in [-0.25, -0.2) is 14.8 Å². The minimum absolute atomic E-state index is 0.337. The van der Waals surface area contributed by atoms with Crippen LogP contribution in [-0.4, -0.2) is 33.1 Å². The van der Waals surface area contributed by atoms with Crippen LogP contribution in [0.15, 0.2) is 12.4 Å². The number of carboxylic acid groups (broad SMARTS) is 1. The van der Waals surface area contributed by atoms with Gasteiger partial charge in [0.15, 0.2) is 0 Å². The molecule has 3 unspecified atom stereocenters. The Morgan fingerprint density at radius 1 is 1.40 bits per heavy atom. The van der Waals surface area contributed by atoms with Gasteiger partial charge in [-0.1, -0.05) is 19.8 Å². The average Bonchev–Trinajstić information content (AvgIpc) is 2.87. The molecule has 1 aliphatic heterocycles. The summed E-state index contributed by atoms with van der Waals surface area (Å²) in [4.78, 5) is 22.2. The molecule has 108 valence electrons. The molecule has 2 aliphatic rings. The zero-order valence-corrected chi connectivity index (χ0v) is 11.8. The fraction of sp³-hybridized carbons (Fsp3) is 0.667. The molecule has 0 radical (unpaired) electrons. The number of rotatable bonds is 3. The number of aliphatic carboxylic acids is 1. The van der Waals surface area contributed by atoms with Gasteiger partial charge in [-0.05, 0) is 31.6 Å². The van der Waals surface area contributed by atoms with Gasteiger partial charge < -0.3 is 10.0 Å². The molecule has 0 spiro atoms. The lowest BCUT2D eigenvalue weighted by molar-refractivity contribution is -0.138. The Labute approximate surface area is 119 Å². The minimum atomic E-state index is -0.726. The number of nitrogens with zero attached hydrogens (tertiary/aromatic N) is 3. The summed E-state index contributed by atoms with van der Waals surface area (Å²) in [6.07, 6.45) is 7.81. The van der Waals surface area contributed by atoms with Gasteiger partial charge in [-0.15, -0.1) is 0 Å². The highest BCUT2D eigenvalue weighted by molar-refractivity contribution is 5.79. The molecule has 5 heteroatoms. The Hall–Kier alpha value is -1.65. The first kappa shape index (κ1) is 13.3. The highest BCUT2D eigenvalue weighted by Crippen LogP contribution is 2.41. The number of carbonyl (C=O) groups is 1. The fourth-order valence-electron chi connectivity index (χ4n) is 3.73. The van der Waals surface area contributed by atoms with E-state index in [1.165, 1.54) is 12.8 Å². The van der Waals surface area contributed by atoms with Crippen LogP contribution < -0.4 is 4.90 Å². The third-order valence-electron chi connectivity index (χ3n) is 4.71. The Balaban J connectivity index is 1.95. The topological polar surface area (TPSA) is 66.3 Å². The molecule has 1 aliphatic carbocycles. The first-order chi connectivity index (χ1) is 9.70. The largest absolute Gasteiger partial charge is 0.480 e. The van der Waals surface area contributed by atoms with E-state index in [2.05, 4.69) is 9.97 Å². The van der Waals surface area contributed by atoms with E-state index >= 15 is 0 Å². The van der Waals surface area contributed by atoms with Crippen LogP contribution in [0.25, 0.3) is 0 Å². The molecule has 1 aromatic rings. The maximum absolute atomic E-state index is 11.6. The van der Waals surface area contributed by atoms with E-state index in [0.717, 1.165) is 37.2 Å². The first-order valence-corrected chi connectivity index (χ1v) is 7.52. The molecule has 5 nitrogen and oxygen atoms in total. The SMILES string of the molecule is CCc1cc(N2C(C(=O)O)CC3CCCCC32)ncn1. The normalized spacial score (nSPS) is 29.2. The molecule has 0 aromatic carbocycles. The number of carboxylic acids is 1. The molecular formula is C15H21N3O2. The first-order valence-electron chi connectivity index (χ1n) is 7.52. The van der Waals surface area contributed by atoms with Crippen molar-refractivity contribution in [2.75, 3.05) is 4.90 Å². The molecular weight excluding hydrogens is 254 g/mol. The van der Waals surface area contributed by atoms with E-state index in [1.807, 2.05) is 17.9 Å². The third-order valence-corrected chi connectivity index (χ3v) is 4.71. The average molecular weight is 275 g/mol. The van der Waals surface area contributed by atoms with E-state index in [9.17, 15) is 9.90 Å². The summed E-state index contributed by atoms with van der Waals surface area (Å²) in [7, 11) is 0. The van der Waals surface area contributed by atoms with Crippen molar-refractivity contribution in [2.24, 2.45) is 5.92 Å². The summed E-state index contributed by atoms with van der Waals surface area (Å²) in [5.74, 6) is 0.569. The second-order valence-electron chi connectivity index (χ2n) is 5.83. The highest BCUT2D eigenvalue weighted by Gasteiger charge is 2.45. The predicted octanol–water partition coefficient (Wildman–Crippen LogP) is 2.26. The zero-order chi connectivity index (χ0) is 14.1. The molecule has 3 rings (SSSR count). The van der Waals surface area contributed by atoms with E-state index < -0.39 is 12.0 Å². The van der Waals surface area contributed by atoms with Crippen LogP contribution in [0.5, 0.6) is 0 Å². The van der Waals surface area contributed by atoms with E-state index in [4.69, 9.17) is 0 Å². The van der Waals surface area contributed by atoms with Crippen molar-refractivity contribution in [3.63, 3.8) is 0 Å². The lowest BCUT2D eigenvalue weighted by Crippen LogP contribution is -2.43. The Bertz CT molecular complexity index is 506. The van der Waals surface area contributed by atoms with Crippen molar-refractivity contribution in [1.82, 2.24) is 9.97 Å². The van der Waals surface area contributed by atoms with E-state index in [1.54, 1.807) is 6.33 Å². The lowest BCUT2D eigenvalue weighted by atomic mass is 9.85. The maximum Gasteiger partial charge on any atom is 0.326 e. The van der Waals surface area contributed by atoms with Gasteiger partial charge in [0.05, 0.1) is 0 Å². The van der Waals surface area contributed by atoms with Gasteiger partial charge in [-0.3, -0.25) is 0 Å². The Kier molecular flexibility index (Phi) is 3.59. The predicted molar refractivity (Wildman–Crippen MR) is 75.7 cm³/mol. The Morgan fingerprint density at radius 3 is 2.95 bits per heavy atom. The molecule has 0 amide bonds. The Morgan fingerprint density at radius 2 is 2.20 bits per heavy atom. The molecule has 3 atom stereocenters. The fourth-order valence-corrected chi connectivity index (χ4v) is 3.73. The molecule has 0 bridgehead atoms. The van der Waals surface area contributed by atoms with Gasteiger partial charge >= 0.3 is 5.97 Å². The summed E-state index contributed by atoms with van der Waals surface area (Å²) >= 11 is 0. The quantitative estimate of drug-likeness (QED) is 0.916. The highest BCUT2D eigenvalue weighted by atomic mass is 16.4. The van der Waals surface area contributed by atoms with Crippen molar-refractivity contribution in [3.8, 4) is 0 Å². The van der Waals surface area contributed by atoms with Crippen molar-refractivity contribution in [1.29, 1.82) is 0 Å². The van der Waals surface area contributed by atoms with Crippen molar-refractivity contribution in [2.45, 2.75) is 57.5 Å². The van der Waals surface area contributed by atoms with Gasteiger partial charge in [0.1, 0.15) is 18.2 Å². The zero-order valence-electron chi connectivity index (χ0n) is 11.8. The second-order valence-corrected chi connectivity index (χ2v) is 5.83. The van der Waals surface area contributed by atoms with Gasteiger partial charge in [0.2, 0.25) is 0 Å². The smallest absolute Gasteiger partial charge is 0.326 e. The monoisotopic (exact) mass is 275 g/mol. The van der Waals surface area contributed by atoms with E-state index in [-0.39, 0.29) is 0 Å². The van der Waals surface area contributed by atoms with Crippen LogP contribution in [0.2, 0.25) is 0 Å². The molecule has 1 aromatic heterocycles. The number of aromatic nitrogens is 2. The summed E-state index contributed by atoms with van der Waals surface area (Å²) < 4.78 is 0. The summed E-state index contributed by atoms with van der Waals surface area (Å²) in [6.45, 7) is 2.05. The molecule has 1 N–H and O–H groups in total. The summed E-state index contributed by atoms with van der Waals surface area (Å²) in [5.41, 5.74) is 0.971. The number of fused-ring (bicyclic) bond motifs is 1. The molecule has 1 saturated carbocycles. The van der Waals surface area contributed by atoms with Crippen LogP contribution >= 0.6 is 0 Å². The third kappa shape index (κ3) is 2.25. The number of aryl methyl sites for hydroxylation is 1. The number of hydrogen-bond donors (Lipinski definition) is 1. The van der Waals surface area contributed by atoms with Crippen LogP contribution in [0.3, 0.4) is 0 Å².